The molecule has 3 rings (SSSR count). The second-order valence-corrected chi connectivity index (χ2v) is 8.74. The number of carbonyl (C=O) groups excluding carboxylic acids is 2. The van der Waals surface area contributed by atoms with Crippen LogP contribution in [0, 0.1) is 5.41 Å². The van der Waals surface area contributed by atoms with Gasteiger partial charge < -0.3 is 21.5 Å². The highest BCUT2D eigenvalue weighted by Gasteiger charge is 2.38. The van der Waals surface area contributed by atoms with E-state index in [9.17, 15) is 35.9 Å². The fourth-order valence-electron chi connectivity index (χ4n) is 3.09. The fraction of sp³-hybridized carbons (Fsp3) is 0.261. The second kappa shape index (κ2) is 13.0. The standard InChI is InChI=1S/C21H20F3N5O2S.C2HF3O2/c22-21(23,24)13-7-2-1-6-12(13)18(31)28-15(9-5-11-27-20(25)26)17(30)19-29-14-8-3-4-10-16(14)32-19;3-2(4,5)1(6)7/h1-4,6-8,10,15H,5,9,11H2,(H,28,31)(H4,25,26,27);(H,6,7)/t15-;/m0./s1. The van der Waals surface area contributed by atoms with Gasteiger partial charge in [-0.15, -0.1) is 11.3 Å². The number of aliphatic carboxylic acids is 1. The Kier molecular flexibility index (Phi) is 10.4. The molecule has 16 heteroatoms. The van der Waals surface area contributed by atoms with E-state index in [-0.39, 0.29) is 23.9 Å². The summed E-state index contributed by atoms with van der Waals surface area (Å²) in [7, 11) is 0. The van der Waals surface area contributed by atoms with Crippen molar-refractivity contribution in [1.29, 1.82) is 5.41 Å². The molecule has 0 radical (unpaired) electrons. The van der Waals surface area contributed by atoms with Gasteiger partial charge in [-0.1, -0.05) is 24.3 Å². The first kappa shape index (κ1) is 31.0. The highest BCUT2D eigenvalue weighted by Crippen LogP contribution is 2.32. The minimum atomic E-state index is -5.08. The molecule has 39 heavy (non-hydrogen) atoms. The van der Waals surface area contributed by atoms with Gasteiger partial charge in [0.25, 0.3) is 5.91 Å². The van der Waals surface area contributed by atoms with Gasteiger partial charge in [-0.05, 0) is 37.1 Å². The van der Waals surface area contributed by atoms with Gasteiger partial charge in [0.15, 0.2) is 11.0 Å². The molecule has 210 valence electrons. The van der Waals surface area contributed by atoms with Crippen LogP contribution in [0.15, 0.2) is 48.5 Å². The van der Waals surface area contributed by atoms with E-state index in [1.54, 1.807) is 24.3 Å². The summed E-state index contributed by atoms with van der Waals surface area (Å²) in [6, 6.07) is 10.4. The lowest BCUT2D eigenvalue weighted by atomic mass is 10.0. The molecular formula is C23H21F6N5O4S. The molecule has 9 nitrogen and oxygen atoms in total. The number of halogens is 6. The summed E-state index contributed by atoms with van der Waals surface area (Å²) >= 11 is 1.15. The summed E-state index contributed by atoms with van der Waals surface area (Å²) in [5, 5.41) is 19.5. The lowest BCUT2D eigenvalue weighted by Crippen LogP contribution is -2.42. The van der Waals surface area contributed by atoms with Gasteiger partial charge in [0.2, 0.25) is 5.78 Å². The van der Waals surface area contributed by atoms with Gasteiger partial charge in [0.1, 0.15) is 0 Å². The minimum absolute atomic E-state index is 0.120. The second-order valence-electron chi connectivity index (χ2n) is 7.71. The van der Waals surface area contributed by atoms with Crippen molar-refractivity contribution in [1.82, 2.24) is 15.6 Å². The van der Waals surface area contributed by atoms with Crippen molar-refractivity contribution < 1.29 is 45.8 Å². The summed E-state index contributed by atoms with van der Waals surface area (Å²) in [6.07, 6.45) is -9.34. The number of nitrogens with zero attached hydrogens (tertiary/aromatic N) is 1. The number of para-hydroxylation sites is 1. The molecule has 0 saturated carbocycles. The van der Waals surface area contributed by atoms with E-state index in [4.69, 9.17) is 21.0 Å². The number of amides is 1. The topological polar surface area (TPSA) is 158 Å². The monoisotopic (exact) mass is 577 g/mol. The summed E-state index contributed by atoms with van der Waals surface area (Å²) < 4.78 is 72.5. The van der Waals surface area contributed by atoms with Crippen LogP contribution in [0.3, 0.4) is 0 Å². The van der Waals surface area contributed by atoms with Gasteiger partial charge in [0, 0.05) is 6.54 Å². The highest BCUT2D eigenvalue weighted by molar-refractivity contribution is 7.20. The molecule has 2 aromatic carbocycles. The molecule has 0 unspecified atom stereocenters. The SMILES string of the molecule is N=C(N)NCCC[C@H](NC(=O)c1ccccc1C(F)(F)F)C(=O)c1nc2ccccc2s1.O=C(O)C(F)(F)F. The lowest BCUT2D eigenvalue weighted by molar-refractivity contribution is -0.192. The first-order valence-corrected chi connectivity index (χ1v) is 11.7. The Morgan fingerprint density at radius 1 is 1.03 bits per heavy atom. The van der Waals surface area contributed by atoms with Crippen molar-refractivity contribution in [3.63, 3.8) is 0 Å². The number of hydrogen-bond donors (Lipinski definition) is 5. The van der Waals surface area contributed by atoms with Crippen molar-refractivity contribution in [3.05, 3.63) is 64.7 Å². The Morgan fingerprint density at radius 2 is 1.62 bits per heavy atom. The zero-order chi connectivity index (χ0) is 29.4. The van der Waals surface area contributed by atoms with Crippen LogP contribution in [-0.4, -0.2) is 52.5 Å². The predicted molar refractivity (Wildman–Crippen MR) is 129 cm³/mol. The van der Waals surface area contributed by atoms with E-state index in [1.807, 2.05) is 0 Å². The number of nitrogens with two attached hydrogens (primary N) is 1. The van der Waals surface area contributed by atoms with Crippen molar-refractivity contribution in [2.75, 3.05) is 6.54 Å². The van der Waals surface area contributed by atoms with E-state index in [1.165, 1.54) is 12.1 Å². The predicted octanol–water partition coefficient (Wildman–Crippen LogP) is 4.19. The number of carboxylic acids is 1. The van der Waals surface area contributed by atoms with Crippen molar-refractivity contribution >= 4 is 45.2 Å². The zero-order valence-electron chi connectivity index (χ0n) is 19.7. The summed E-state index contributed by atoms with van der Waals surface area (Å²) in [4.78, 5) is 39.0. The van der Waals surface area contributed by atoms with Crippen LogP contribution < -0.4 is 16.4 Å². The number of carbonyl (C=O) groups is 3. The Bertz CT molecular complexity index is 1310. The average molecular weight is 578 g/mol. The van der Waals surface area contributed by atoms with Crippen LogP contribution in [0.2, 0.25) is 0 Å². The summed E-state index contributed by atoms with van der Waals surface area (Å²) in [5.74, 6) is -4.50. The van der Waals surface area contributed by atoms with E-state index < -0.39 is 47.2 Å². The van der Waals surface area contributed by atoms with Gasteiger partial charge >= 0.3 is 18.3 Å². The molecule has 3 aromatic rings. The summed E-state index contributed by atoms with van der Waals surface area (Å²) in [5.41, 5.74) is 4.21. The molecule has 0 saturated heterocycles. The number of ketones is 1. The number of nitrogens with one attached hydrogen (secondary N) is 3. The smallest absolute Gasteiger partial charge is 0.475 e. The molecule has 0 fully saturated rings. The molecule has 0 bridgehead atoms. The largest absolute Gasteiger partial charge is 0.490 e. The fourth-order valence-corrected chi connectivity index (χ4v) is 4.05. The Hall–Kier alpha value is -4.21. The molecule has 1 atom stereocenters. The third-order valence-corrected chi connectivity index (χ3v) is 5.88. The molecule has 6 N–H and O–H groups in total. The number of benzene rings is 2. The molecule has 0 aliphatic rings. The first-order valence-electron chi connectivity index (χ1n) is 10.9. The molecule has 0 aliphatic carbocycles. The van der Waals surface area contributed by atoms with Crippen LogP contribution in [0.1, 0.15) is 38.6 Å². The highest BCUT2D eigenvalue weighted by atomic mass is 32.1. The van der Waals surface area contributed by atoms with E-state index >= 15 is 0 Å². The van der Waals surface area contributed by atoms with Gasteiger partial charge in [0.05, 0.1) is 27.4 Å². The molecule has 1 aromatic heterocycles. The Morgan fingerprint density at radius 3 is 2.18 bits per heavy atom. The van der Waals surface area contributed by atoms with Crippen LogP contribution in [0.5, 0.6) is 0 Å². The van der Waals surface area contributed by atoms with E-state index in [0.29, 0.717) is 11.9 Å². The van der Waals surface area contributed by atoms with Gasteiger partial charge in [-0.3, -0.25) is 15.0 Å². The quantitative estimate of drug-likeness (QED) is 0.0883. The number of carboxylic acid groups (broad SMARTS) is 1. The minimum Gasteiger partial charge on any atom is -0.475 e. The van der Waals surface area contributed by atoms with Crippen LogP contribution >= 0.6 is 11.3 Å². The number of guanidine groups is 1. The van der Waals surface area contributed by atoms with Crippen LogP contribution in [-0.2, 0) is 11.0 Å². The number of Topliss-reactive ketones (excluding diaryl/α,β-unsaturated/α-hetero) is 1. The number of hydrogen-bond acceptors (Lipinski definition) is 6. The van der Waals surface area contributed by atoms with Crippen molar-refractivity contribution in [2.24, 2.45) is 5.73 Å². The molecular weight excluding hydrogens is 556 g/mol. The normalized spacial score (nSPS) is 12.2. The maximum Gasteiger partial charge on any atom is 0.490 e. The van der Waals surface area contributed by atoms with Gasteiger partial charge in [-0.25, -0.2) is 9.78 Å². The third-order valence-electron chi connectivity index (χ3n) is 4.83. The Balaban J connectivity index is 0.000000673. The average Bonchev–Trinajstić information content (AvgIpc) is 3.29. The molecule has 0 spiro atoms. The van der Waals surface area contributed by atoms with Gasteiger partial charge in [-0.2, -0.15) is 26.3 Å². The maximum atomic E-state index is 13.3. The first-order chi connectivity index (χ1) is 18.1. The van der Waals surface area contributed by atoms with Crippen LogP contribution in [0.25, 0.3) is 10.2 Å². The van der Waals surface area contributed by atoms with Crippen molar-refractivity contribution in [3.8, 4) is 0 Å². The number of fused-ring (bicyclic) bond motifs is 1. The number of rotatable bonds is 8. The zero-order valence-corrected chi connectivity index (χ0v) is 20.5. The maximum absolute atomic E-state index is 13.3. The number of alkyl halides is 6. The summed E-state index contributed by atoms with van der Waals surface area (Å²) in [6.45, 7) is 0.258. The van der Waals surface area contributed by atoms with Crippen molar-refractivity contribution in [2.45, 2.75) is 31.2 Å². The molecule has 1 heterocycles. The molecule has 1 amide bonds. The lowest BCUT2D eigenvalue weighted by Gasteiger charge is -2.19. The van der Waals surface area contributed by atoms with E-state index in [0.717, 1.165) is 28.2 Å². The van der Waals surface area contributed by atoms with Crippen LogP contribution in [0.4, 0.5) is 26.3 Å². The Labute approximate surface area is 220 Å². The third kappa shape index (κ3) is 9.24. The number of thiazole rings is 1. The number of aromatic nitrogens is 1. The van der Waals surface area contributed by atoms with E-state index in [2.05, 4.69) is 15.6 Å². The molecule has 0 aliphatic heterocycles.